The molecule has 23 heavy (non-hydrogen) atoms. The third-order valence-electron chi connectivity index (χ3n) is 3.36. The maximum absolute atomic E-state index is 12.1. The highest BCUT2D eigenvalue weighted by Gasteiger charge is 2.12. The van der Waals surface area contributed by atoms with E-state index in [0.717, 1.165) is 23.4 Å². The highest BCUT2D eigenvalue weighted by molar-refractivity contribution is 6.01. The summed E-state index contributed by atoms with van der Waals surface area (Å²) < 4.78 is 10.9. The minimum absolute atomic E-state index is 0.276. The molecule has 1 N–H and O–H groups in total. The zero-order chi connectivity index (χ0) is 16.8. The molecule has 0 aliphatic rings. The normalized spacial score (nSPS) is 11.4. The van der Waals surface area contributed by atoms with Crippen molar-refractivity contribution in [2.45, 2.75) is 34.1 Å². The zero-order valence-corrected chi connectivity index (χ0v) is 14.0. The Hall–Kier alpha value is -2.56. The Kier molecular flexibility index (Phi) is 5.57. The molecule has 0 saturated carbocycles. The molecule has 1 amide bonds. The molecule has 5 nitrogen and oxygen atoms in total. The molecule has 1 heterocycles. The highest BCUT2D eigenvalue weighted by Crippen LogP contribution is 2.14. The molecule has 5 heteroatoms. The monoisotopic (exact) mass is 314 g/mol. The average molecular weight is 314 g/mol. The van der Waals surface area contributed by atoms with Gasteiger partial charge >= 0.3 is 0 Å². The number of amides is 1. The fourth-order valence-corrected chi connectivity index (χ4v) is 2.13. The van der Waals surface area contributed by atoms with Gasteiger partial charge in [-0.05, 0) is 63.1 Å². The van der Waals surface area contributed by atoms with Crippen molar-refractivity contribution in [3.05, 3.63) is 53.0 Å². The van der Waals surface area contributed by atoms with E-state index >= 15 is 0 Å². The van der Waals surface area contributed by atoms with Crippen molar-refractivity contribution >= 4 is 11.6 Å². The molecule has 0 bridgehead atoms. The van der Waals surface area contributed by atoms with Crippen molar-refractivity contribution in [1.29, 1.82) is 0 Å². The standard InChI is InChI=1S/C18H22N2O3/c1-5-10-22-16-8-6-15(7-9-16)13(3)19-20-18(21)17-11-12(2)23-14(17)4/h6-9,11H,5,10H2,1-4H3,(H,20,21)/b19-13-. The molecule has 1 aromatic heterocycles. The predicted molar refractivity (Wildman–Crippen MR) is 90.1 cm³/mol. The van der Waals surface area contributed by atoms with Crippen LogP contribution in [0.25, 0.3) is 0 Å². The van der Waals surface area contributed by atoms with Crippen LogP contribution >= 0.6 is 0 Å². The highest BCUT2D eigenvalue weighted by atomic mass is 16.5. The number of furan rings is 1. The van der Waals surface area contributed by atoms with Crippen molar-refractivity contribution in [2.75, 3.05) is 6.61 Å². The number of carbonyl (C=O) groups excluding carboxylic acids is 1. The Labute approximate surface area is 136 Å². The molecular formula is C18H22N2O3. The lowest BCUT2D eigenvalue weighted by Gasteiger charge is -2.06. The van der Waals surface area contributed by atoms with E-state index < -0.39 is 0 Å². The van der Waals surface area contributed by atoms with Gasteiger partial charge in [0.2, 0.25) is 0 Å². The number of ether oxygens (including phenoxy) is 1. The minimum atomic E-state index is -0.276. The first kappa shape index (κ1) is 16.8. The van der Waals surface area contributed by atoms with Gasteiger partial charge in [0.1, 0.15) is 17.3 Å². The maximum atomic E-state index is 12.1. The van der Waals surface area contributed by atoms with E-state index in [1.807, 2.05) is 31.2 Å². The summed E-state index contributed by atoms with van der Waals surface area (Å²) in [4.78, 5) is 12.1. The third-order valence-corrected chi connectivity index (χ3v) is 3.36. The van der Waals surface area contributed by atoms with Crippen LogP contribution in [0.5, 0.6) is 5.75 Å². The van der Waals surface area contributed by atoms with Crippen LogP contribution in [0.1, 0.15) is 47.7 Å². The molecule has 0 atom stereocenters. The number of nitrogens with zero attached hydrogens (tertiary/aromatic N) is 1. The topological polar surface area (TPSA) is 63.8 Å². The molecule has 122 valence electrons. The van der Waals surface area contributed by atoms with Gasteiger partial charge < -0.3 is 9.15 Å². The van der Waals surface area contributed by atoms with E-state index in [1.165, 1.54) is 0 Å². The second kappa shape index (κ2) is 7.63. The third kappa shape index (κ3) is 4.45. The Morgan fingerprint density at radius 1 is 1.26 bits per heavy atom. The first-order valence-electron chi connectivity index (χ1n) is 7.66. The van der Waals surface area contributed by atoms with E-state index in [4.69, 9.17) is 9.15 Å². The quantitative estimate of drug-likeness (QED) is 0.651. The van der Waals surface area contributed by atoms with Gasteiger partial charge in [0.05, 0.1) is 17.9 Å². The summed E-state index contributed by atoms with van der Waals surface area (Å²) in [6.45, 7) is 8.17. The van der Waals surface area contributed by atoms with E-state index in [1.54, 1.807) is 19.9 Å². The van der Waals surface area contributed by atoms with Gasteiger partial charge in [-0.15, -0.1) is 0 Å². The number of nitrogens with one attached hydrogen (secondary N) is 1. The predicted octanol–water partition coefficient (Wildman–Crippen LogP) is 3.84. The van der Waals surface area contributed by atoms with E-state index in [0.29, 0.717) is 23.7 Å². The molecule has 0 spiro atoms. The first-order valence-corrected chi connectivity index (χ1v) is 7.66. The van der Waals surface area contributed by atoms with Gasteiger partial charge in [-0.1, -0.05) is 6.92 Å². The lowest BCUT2D eigenvalue weighted by Crippen LogP contribution is -2.19. The summed E-state index contributed by atoms with van der Waals surface area (Å²) in [6.07, 6.45) is 0.973. The maximum Gasteiger partial charge on any atom is 0.274 e. The lowest BCUT2D eigenvalue weighted by molar-refractivity contribution is 0.0953. The SMILES string of the molecule is CCCOc1ccc(/C(C)=N\NC(=O)c2cc(C)oc2C)cc1. The smallest absolute Gasteiger partial charge is 0.274 e. The number of aryl methyl sites for hydroxylation is 2. The Balaban J connectivity index is 2.02. The van der Waals surface area contributed by atoms with Crippen LogP contribution in [-0.4, -0.2) is 18.2 Å². The fraction of sp³-hybridized carbons (Fsp3) is 0.333. The van der Waals surface area contributed by atoms with Gasteiger partial charge in [-0.3, -0.25) is 4.79 Å². The van der Waals surface area contributed by atoms with E-state index in [2.05, 4.69) is 17.5 Å². The van der Waals surface area contributed by atoms with Gasteiger partial charge in [0.15, 0.2) is 0 Å². The molecule has 0 saturated heterocycles. The number of rotatable bonds is 6. The van der Waals surface area contributed by atoms with Crippen LogP contribution in [0.4, 0.5) is 0 Å². The van der Waals surface area contributed by atoms with Gasteiger partial charge in [0, 0.05) is 0 Å². The van der Waals surface area contributed by atoms with Crippen LogP contribution in [0.2, 0.25) is 0 Å². The number of carbonyl (C=O) groups is 1. The number of hydrogen-bond donors (Lipinski definition) is 1. The lowest BCUT2D eigenvalue weighted by atomic mass is 10.1. The summed E-state index contributed by atoms with van der Waals surface area (Å²) >= 11 is 0. The molecule has 2 rings (SSSR count). The van der Waals surface area contributed by atoms with Crippen LogP contribution < -0.4 is 10.2 Å². The zero-order valence-electron chi connectivity index (χ0n) is 14.0. The second-order valence-electron chi connectivity index (χ2n) is 5.34. The molecule has 1 aromatic carbocycles. The Morgan fingerprint density at radius 3 is 2.52 bits per heavy atom. The van der Waals surface area contributed by atoms with E-state index in [-0.39, 0.29) is 5.91 Å². The summed E-state index contributed by atoms with van der Waals surface area (Å²) in [5.74, 6) is 1.85. The number of benzene rings is 1. The van der Waals surface area contributed by atoms with E-state index in [9.17, 15) is 4.79 Å². The van der Waals surface area contributed by atoms with Crippen molar-refractivity contribution in [3.8, 4) is 5.75 Å². The summed E-state index contributed by atoms with van der Waals surface area (Å²) in [7, 11) is 0. The second-order valence-corrected chi connectivity index (χ2v) is 5.34. The minimum Gasteiger partial charge on any atom is -0.494 e. The largest absolute Gasteiger partial charge is 0.494 e. The fourth-order valence-electron chi connectivity index (χ4n) is 2.13. The molecule has 0 aliphatic carbocycles. The van der Waals surface area contributed by atoms with Crippen LogP contribution in [0, 0.1) is 13.8 Å². The van der Waals surface area contributed by atoms with Crippen molar-refractivity contribution in [1.82, 2.24) is 5.43 Å². The molecular weight excluding hydrogens is 292 g/mol. The van der Waals surface area contributed by atoms with Gasteiger partial charge in [-0.2, -0.15) is 5.10 Å². The van der Waals surface area contributed by atoms with Crippen LogP contribution in [-0.2, 0) is 0 Å². The van der Waals surface area contributed by atoms with Crippen molar-refractivity contribution < 1.29 is 13.9 Å². The van der Waals surface area contributed by atoms with Gasteiger partial charge in [-0.25, -0.2) is 5.43 Å². The molecule has 0 radical (unpaired) electrons. The summed E-state index contributed by atoms with van der Waals surface area (Å²) in [5.41, 5.74) is 4.71. The van der Waals surface area contributed by atoms with Crippen LogP contribution in [0.15, 0.2) is 39.9 Å². The average Bonchev–Trinajstić information content (AvgIpc) is 2.89. The number of hydrazone groups is 1. The van der Waals surface area contributed by atoms with Crippen LogP contribution in [0.3, 0.4) is 0 Å². The number of hydrogen-bond acceptors (Lipinski definition) is 4. The molecule has 0 unspecified atom stereocenters. The summed E-state index contributed by atoms with van der Waals surface area (Å²) in [6, 6.07) is 9.34. The molecule has 0 aliphatic heterocycles. The summed E-state index contributed by atoms with van der Waals surface area (Å²) in [5, 5.41) is 4.15. The first-order chi connectivity index (χ1) is 11.0. The van der Waals surface area contributed by atoms with Gasteiger partial charge in [0.25, 0.3) is 5.91 Å². The molecule has 2 aromatic rings. The Bertz CT molecular complexity index is 700. The molecule has 0 fully saturated rings. The van der Waals surface area contributed by atoms with Crippen molar-refractivity contribution in [2.24, 2.45) is 5.10 Å². The Morgan fingerprint density at radius 2 is 1.96 bits per heavy atom. The van der Waals surface area contributed by atoms with Crippen molar-refractivity contribution in [3.63, 3.8) is 0 Å².